The second-order valence-corrected chi connectivity index (χ2v) is 8.54. The molecular formula is C25H27FN2O5. The fraction of sp³-hybridized carbons (Fsp3) is 0.320. The molecule has 0 N–H and O–H groups in total. The maximum absolute atomic E-state index is 14.2. The molecule has 2 aromatic carbocycles. The number of nitrogens with zero attached hydrogens (tertiary/aromatic N) is 2. The first kappa shape index (κ1) is 24.0. The molecule has 0 aliphatic rings. The predicted octanol–water partition coefficient (Wildman–Crippen LogP) is 5.06. The van der Waals surface area contributed by atoms with Gasteiger partial charge in [-0.3, -0.25) is 4.79 Å². The summed E-state index contributed by atoms with van der Waals surface area (Å²) in [4.78, 5) is 40.5. The fourth-order valence-corrected chi connectivity index (χ4v) is 3.52. The van der Waals surface area contributed by atoms with Crippen molar-refractivity contribution in [2.45, 2.75) is 33.3 Å². The van der Waals surface area contributed by atoms with Gasteiger partial charge in [-0.15, -0.1) is 0 Å². The lowest BCUT2D eigenvalue weighted by molar-refractivity contribution is 0.0454. The van der Waals surface area contributed by atoms with Crippen LogP contribution in [0.2, 0.25) is 0 Å². The minimum Gasteiger partial charge on any atom is -0.461 e. The van der Waals surface area contributed by atoms with Gasteiger partial charge in [-0.05, 0) is 45.9 Å². The van der Waals surface area contributed by atoms with Crippen LogP contribution in [-0.4, -0.2) is 48.2 Å². The first-order valence-corrected chi connectivity index (χ1v) is 10.6. The van der Waals surface area contributed by atoms with Crippen molar-refractivity contribution in [2.75, 3.05) is 25.1 Å². The second-order valence-electron chi connectivity index (χ2n) is 8.54. The zero-order valence-corrected chi connectivity index (χ0v) is 19.3. The molecule has 0 spiro atoms. The summed E-state index contributed by atoms with van der Waals surface area (Å²) in [7, 11) is 1.63. The molecule has 0 radical (unpaired) electrons. The molecule has 1 heterocycles. The Labute approximate surface area is 191 Å². The van der Waals surface area contributed by atoms with Crippen LogP contribution >= 0.6 is 0 Å². The number of likely N-dealkylation sites (N-methyl/N-ethyl adjacent to an activating group) is 1. The lowest BCUT2D eigenvalue weighted by atomic mass is 10.1. The number of carbonyl (C=O) groups is 3. The van der Waals surface area contributed by atoms with Gasteiger partial charge in [0.05, 0.1) is 24.4 Å². The number of Topliss-reactive ketones (excluding diaryl/α,β-unsaturated/α-hetero) is 1. The van der Waals surface area contributed by atoms with Gasteiger partial charge in [0.25, 0.3) is 0 Å². The van der Waals surface area contributed by atoms with Gasteiger partial charge in [-0.1, -0.05) is 30.3 Å². The third kappa shape index (κ3) is 5.22. The summed E-state index contributed by atoms with van der Waals surface area (Å²) in [6, 6.07) is 12.6. The lowest BCUT2D eigenvalue weighted by Gasteiger charge is -2.22. The van der Waals surface area contributed by atoms with E-state index in [9.17, 15) is 18.8 Å². The smallest absolute Gasteiger partial charge is 0.419 e. The maximum Gasteiger partial charge on any atom is 0.419 e. The molecule has 0 aliphatic heterocycles. The zero-order chi connectivity index (χ0) is 24.3. The van der Waals surface area contributed by atoms with E-state index in [-0.39, 0.29) is 35.8 Å². The third-order valence-electron chi connectivity index (χ3n) is 4.81. The Balaban J connectivity index is 2.20. The van der Waals surface area contributed by atoms with E-state index in [2.05, 4.69) is 0 Å². The highest BCUT2D eigenvalue weighted by Crippen LogP contribution is 2.35. The molecule has 7 nitrogen and oxygen atoms in total. The number of rotatable bonds is 6. The number of hydrogen-bond acceptors (Lipinski definition) is 6. The Morgan fingerprint density at radius 1 is 1.06 bits per heavy atom. The highest BCUT2D eigenvalue weighted by atomic mass is 19.1. The molecule has 3 rings (SSSR count). The minimum absolute atomic E-state index is 0.0646. The van der Waals surface area contributed by atoms with Crippen LogP contribution in [0.1, 0.15) is 48.5 Å². The molecule has 0 aliphatic carbocycles. The van der Waals surface area contributed by atoms with E-state index in [0.29, 0.717) is 10.9 Å². The van der Waals surface area contributed by atoms with Gasteiger partial charge in [-0.2, -0.15) is 0 Å². The van der Waals surface area contributed by atoms with Crippen LogP contribution in [0.3, 0.4) is 0 Å². The van der Waals surface area contributed by atoms with Gasteiger partial charge in [0.1, 0.15) is 11.4 Å². The molecule has 0 amide bonds. The molecule has 0 atom stereocenters. The number of fused-ring (bicyclic) bond motifs is 1. The van der Waals surface area contributed by atoms with Crippen LogP contribution in [0.15, 0.2) is 48.5 Å². The van der Waals surface area contributed by atoms with Gasteiger partial charge in [0.15, 0.2) is 11.5 Å². The average Bonchev–Trinajstić information content (AvgIpc) is 3.08. The molecular weight excluding hydrogens is 427 g/mol. The van der Waals surface area contributed by atoms with Crippen LogP contribution < -0.4 is 4.90 Å². The standard InChI is InChI=1S/C25H27FN2O5/c1-6-32-23(30)22-21(27(5)15-20(29)16-10-8-7-9-11-16)18-13-12-17(26)14-19(18)28(22)24(31)33-25(2,3)4/h7-14H,6,15H2,1-5H3. The number of ether oxygens (including phenoxy) is 2. The van der Waals surface area contributed by atoms with E-state index < -0.39 is 23.5 Å². The molecule has 8 heteroatoms. The highest BCUT2D eigenvalue weighted by Gasteiger charge is 2.32. The van der Waals surface area contributed by atoms with Crippen molar-refractivity contribution >= 4 is 34.4 Å². The van der Waals surface area contributed by atoms with Crippen LogP contribution in [-0.2, 0) is 9.47 Å². The van der Waals surface area contributed by atoms with Crippen molar-refractivity contribution in [1.29, 1.82) is 0 Å². The Morgan fingerprint density at radius 3 is 2.33 bits per heavy atom. The number of carbonyl (C=O) groups excluding carboxylic acids is 3. The molecule has 0 saturated carbocycles. The summed E-state index contributed by atoms with van der Waals surface area (Å²) in [5.41, 5.74) is -0.0682. The van der Waals surface area contributed by atoms with E-state index >= 15 is 0 Å². The molecule has 0 saturated heterocycles. The van der Waals surface area contributed by atoms with Crippen LogP contribution in [0.25, 0.3) is 10.9 Å². The van der Waals surface area contributed by atoms with Crippen molar-refractivity contribution in [2.24, 2.45) is 0 Å². The number of aromatic nitrogens is 1. The number of benzene rings is 2. The van der Waals surface area contributed by atoms with E-state index in [0.717, 1.165) is 10.6 Å². The van der Waals surface area contributed by atoms with Crippen molar-refractivity contribution < 1.29 is 28.2 Å². The first-order chi connectivity index (χ1) is 15.5. The maximum atomic E-state index is 14.2. The fourth-order valence-electron chi connectivity index (χ4n) is 3.52. The quantitative estimate of drug-likeness (QED) is 0.383. The van der Waals surface area contributed by atoms with E-state index in [1.165, 1.54) is 12.1 Å². The number of hydrogen-bond donors (Lipinski definition) is 0. The normalized spacial score (nSPS) is 11.3. The van der Waals surface area contributed by atoms with E-state index in [4.69, 9.17) is 9.47 Å². The first-order valence-electron chi connectivity index (χ1n) is 10.6. The Bertz CT molecular complexity index is 1190. The van der Waals surface area contributed by atoms with Gasteiger partial charge in [0.2, 0.25) is 0 Å². The number of esters is 1. The molecule has 0 fully saturated rings. The molecule has 0 bridgehead atoms. The molecule has 33 heavy (non-hydrogen) atoms. The predicted molar refractivity (Wildman–Crippen MR) is 124 cm³/mol. The van der Waals surface area contributed by atoms with Crippen molar-refractivity contribution in [1.82, 2.24) is 4.57 Å². The van der Waals surface area contributed by atoms with E-state index in [1.807, 2.05) is 6.07 Å². The number of anilines is 1. The SMILES string of the molecule is CCOC(=O)c1c(N(C)CC(=O)c2ccccc2)c2ccc(F)cc2n1C(=O)OC(C)(C)C. The summed E-state index contributed by atoms with van der Waals surface area (Å²) in [5.74, 6) is -1.56. The summed E-state index contributed by atoms with van der Waals surface area (Å²) < 4.78 is 25.9. The van der Waals surface area contributed by atoms with Crippen molar-refractivity contribution in [3.8, 4) is 0 Å². The Hall–Kier alpha value is -3.68. The zero-order valence-electron chi connectivity index (χ0n) is 19.3. The summed E-state index contributed by atoms with van der Waals surface area (Å²) in [5, 5.41) is 0.411. The van der Waals surface area contributed by atoms with Crippen molar-refractivity contribution in [3.05, 3.63) is 65.6 Å². The van der Waals surface area contributed by atoms with E-state index in [1.54, 1.807) is 63.9 Å². The van der Waals surface area contributed by atoms with Crippen LogP contribution in [0.5, 0.6) is 0 Å². The average molecular weight is 454 g/mol. The second kappa shape index (κ2) is 9.44. The van der Waals surface area contributed by atoms with Gasteiger partial charge < -0.3 is 14.4 Å². The Morgan fingerprint density at radius 2 is 1.73 bits per heavy atom. The largest absolute Gasteiger partial charge is 0.461 e. The summed E-state index contributed by atoms with van der Waals surface area (Å²) >= 11 is 0. The van der Waals surface area contributed by atoms with Crippen molar-refractivity contribution in [3.63, 3.8) is 0 Å². The molecule has 3 aromatic rings. The summed E-state index contributed by atoms with van der Waals surface area (Å²) in [6.45, 7) is 6.68. The number of ketones is 1. The summed E-state index contributed by atoms with van der Waals surface area (Å²) in [6.07, 6.45) is -0.852. The minimum atomic E-state index is -0.859. The molecule has 1 aromatic heterocycles. The number of halogens is 1. The van der Waals surface area contributed by atoms with Gasteiger partial charge >= 0.3 is 12.1 Å². The van der Waals surface area contributed by atoms with Gasteiger partial charge in [0, 0.05) is 18.0 Å². The van der Waals surface area contributed by atoms with Crippen LogP contribution in [0, 0.1) is 5.82 Å². The Kier molecular flexibility index (Phi) is 6.86. The monoisotopic (exact) mass is 454 g/mol. The molecule has 0 unspecified atom stereocenters. The third-order valence-corrected chi connectivity index (χ3v) is 4.81. The topological polar surface area (TPSA) is 77.8 Å². The van der Waals surface area contributed by atoms with Crippen LogP contribution in [0.4, 0.5) is 14.9 Å². The van der Waals surface area contributed by atoms with Gasteiger partial charge in [-0.25, -0.2) is 18.5 Å². The highest BCUT2D eigenvalue weighted by molar-refractivity contribution is 6.12. The lowest BCUT2D eigenvalue weighted by Crippen LogP contribution is -2.31. The molecule has 174 valence electrons.